The fourth-order valence-corrected chi connectivity index (χ4v) is 3.43. The number of carbonyl (C=O) groups excluding carboxylic acids is 1. The van der Waals surface area contributed by atoms with E-state index in [-0.39, 0.29) is 5.91 Å². The second kappa shape index (κ2) is 9.38. The van der Waals surface area contributed by atoms with Gasteiger partial charge < -0.3 is 19.5 Å². The summed E-state index contributed by atoms with van der Waals surface area (Å²) in [7, 11) is 3.16. The molecule has 4 rings (SSSR count). The Morgan fingerprint density at radius 3 is 2.53 bits per heavy atom. The molecule has 0 radical (unpaired) electrons. The minimum atomic E-state index is -0.258. The Hall–Kier alpha value is -4.07. The number of rotatable bonds is 8. The molecule has 1 amide bonds. The van der Waals surface area contributed by atoms with E-state index in [1.807, 2.05) is 49.4 Å². The normalized spacial score (nSPS) is 10.7. The maximum atomic E-state index is 12.9. The molecular weight excluding hydrogens is 408 g/mol. The molecule has 1 N–H and O–H groups in total. The SMILES string of the molecule is CCOc1ccc(-c2ccnc3c(C(=O)NCc4ccc(OC)c(OC)c4)cnn23)cc1. The Morgan fingerprint density at radius 1 is 1.03 bits per heavy atom. The molecule has 2 aromatic carbocycles. The van der Waals surface area contributed by atoms with Gasteiger partial charge in [0.05, 0.1) is 32.7 Å². The van der Waals surface area contributed by atoms with Crippen molar-refractivity contribution in [3.8, 4) is 28.5 Å². The van der Waals surface area contributed by atoms with Gasteiger partial charge in [0.25, 0.3) is 5.91 Å². The van der Waals surface area contributed by atoms with E-state index >= 15 is 0 Å². The second-order valence-electron chi connectivity index (χ2n) is 6.95. The minimum absolute atomic E-state index is 0.258. The van der Waals surface area contributed by atoms with Crippen molar-refractivity contribution in [3.63, 3.8) is 0 Å². The molecule has 8 nitrogen and oxygen atoms in total. The van der Waals surface area contributed by atoms with Crippen LogP contribution in [0.25, 0.3) is 16.9 Å². The molecule has 4 aromatic rings. The summed E-state index contributed by atoms with van der Waals surface area (Å²) in [4.78, 5) is 17.2. The molecule has 0 aliphatic heterocycles. The van der Waals surface area contributed by atoms with Crippen LogP contribution in [0.4, 0.5) is 0 Å². The van der Waals surface area contributed by atoms with Crippen molar-refractivity contribution in [3.05, 3.63) is 72.1 Å². The number of hydrogen-bond donors (Lipinski definition) is 1. The highest BCUT2D eigenvalue weighted by molar-refractivity contribution is 5.99. The van der Waals surface area contributed by atoms with E-state index < -0.39 is 0 Å². The number of nitrogens with one attached hydrogen (secondary N) is 1. The third-order valence-electron chi connectivity index (χ3n) is 5.01. The number of methoxy groups -OCH3 is 2. The van der Waals surface area contributed by atoms with Crippen molar-refractivity contribution >= 4 is 11.6 Å². The van der Waals surface area contributed by atoms with Gasteiger partial charge >= 0.3 is 0 Å². The van der Waals surface area contributed by atoms with Crippen LogP contribution in [0.3, 0.4) is 0 Å². The average Bonchev–Trinajstić information content (AvgIpc) is 3.27. The summed E-state index contributed by atoms with van der Waals surface area (Å²) in [6.07, 6.45) is 3.21. The summed E-state index contributed by atoms with van der Waals surface area (Å²) in [5.41, 5.74) is 3.55. The van der Waals surface area contributed by atoms with Crippen LogP contribution in [-0.4, -0.2) is 41.3 Å². The maximum Gasteiger partial charge on any atom is 0.257 e. The van der Waals surface area contributed by atoms with Crippen molar-refractivity contribution in [2.24, 2.45) is 0 Å². The lowest BCUT2D eigenvalue weighted by Crippen LogP contribution is -2.22. The van der Waals surface area contributed by atoms with Crippen molar-refractivity contribution in [2.75, 3.05) is 20.8 Å². The van der Waals surface area contributed by atoms with E-state index in [0.717, 1.165) is 22.6 Å². The molecule has 2 aromatic heterocycles. The van der Waals surface area contributed by atoms with Gasteiger partial charge in [-0.3, -0.25) is 4.79 Å². The van der Waals surface area contributed by atoms with Crippen LogP contribution in [0.2, 0.25) is 0 Å². The number of amides is 1. The molecule has 0 spiro atoms. The third kappa shape index (κ3) is 4.20. The largest absolute Gasteiger partial charge is 0.494 e. The van der Waals surface area contributed by atoms with E-state index in [1.54, 1.807) is 31.0 Å². The first-order valence-electron chi connectivity index (χ1n) is 10.2. The van der Waals surface area contributed by atoms with E-state index in [2.05, 4.69) is 15.4 Å². The fourth-order valence-electron chi connectivity index (χ4n) is 3.43. The summed E-state index contributed by atoms with van der Waals surface area (Å²) in [6, 6.07) is 15.1. The van der Waals surface area contributed by atoms with Crippen LogP contribution >= 0.6 is 0 Å². The molecule has 164 valence electrons. The quantitative estimate of drug-likeness (QED) is 0.456. The molecule has 0 bridgehead atoms. The molecule has 0 saturated carbocycles. The zero-order chi connectivity index (χ0) is 22.5. The molecule has 2 heterocycles. The van der Waals surface area contributed by atoms with Crippen molar-refractivity contribution in [1.82, 2.24) is 19.9 Å². The summed E-state index contributed by atoms with van der Waals surface area (Å²) < 4.78 is 17.7. The predicted molar refractivity (Wildman–Crippen MR) is 120 cm³/mol. The molecule has 32 heavy (non-hydrogen) atoms. The lowest BCUT2D eigenvalue weighted by Gasteiger charge is -2.10. The highest BCUT2D eigenvalue weighted by atomic mass is 16.5. The zero-order valence-corrected chi connectivity index (χ0v) is 18.2. The minimum Gasteiger partial charge on any atom is -0.494 e. The Bertz CT molecular complexity index is 1230. The van der Waals surface area contributed by atoms with Gasteiger partial charge in [-0.2, -0.15) is 5.10 Å². The molecule has 0 saturated heterocycles. The predicted octanol–water partition coefficient (Wildman–Crippen LogP) is 3.74. The topological polar surface area (TPSA) is 87.0 Å². The fraction of sp³-hybridized carbons (Fsp3) is 0.208. The average molecular weight is 432 g/mol. The number of fused-ring (bicyclic) bond motifs is 1. The summed E-state index contributed by atoms with van der Waals surface area (Å²) in [5, 5.41) is 7.32. The van der Waals surface area contributed by atoms with Gasteiger partial charge in [-0.05, 0) is 55.0 Å². The monoisotopic (exact) mass is 432 g/mol. The van der Waals surface area contributed by atoms with E-state index in [0.29, 0.717) is 35.9 Å². The smallest absolute Gasteiger partial charge is 0.257 e. The van der Waals surface area contributed by atoms with E-state index in [9.17, 15) is 4.79 Å². The van der Waals surface area contributed by atoms with Crippen LogP contribution in [0.1, 0.15) is 22.8 Å². The number of nitrogens with zero attached hydrogens (tertiary/aromatic N) is 3. The third-order valence-corrected chi connectivity index (χ3v) is 5.01. The number of hydrogen-bond acceptors (Lipinski definition) is 6. The molecule has 0 atom stereocenters. The first kappa shape index (κ1) is 21.2. The molecular formula is C24H24N4O4. The molecule has 8 heteroatoms. The zero-order valence-electron chi connectivity index (χ0n) is 18.2. The molecule has 0 unspecified atom stereocenters. The van der Waals surface area contributed by atoms with Crippen molar-refractivity contribution in [1.29, 1.82) is 0 Å². The lowest BCUT2D eigenvalue weighted by atomic mass is 10.1. The van der Waals surface area contributed by atoms with Gasteiger partial charge in [0, 0.05) is 18.3 Å². The number of benzene rings is 2. The van der Waals surface area contributed by atoms with Crippen molar-refractivity contribution in [2.45, 2.75) is 13.5 Å². The van der Waals surface area contributed by atoms with E-state index in [4.69, 9.17) is 14.2 Å². The summed E-state index contributed by atoms with van der Waals surface area (Å²) in [6.45, 7) is 2.89. The summed E-state index contributed by atoms with van der Waals surface area (Å²) >= 11 is 0. The first-order chi connectivity index (χ1) is 15.6. The Balaban J connectivity index is 1.55. The van der Waals surface area contributed by atoms with Crippen LogP contribution in [0, 0.1) is 0 Å². The van der Waals surface area contributed by atoms with Gasteiger partial charge in [-0.25, -0.2) is 9.50 Å². The summed E-state index contributed by atoms with van der Waals surface area (Å²) in [5.74, 6) is 1.79. The highest BCUT2D eigenvalue weighted by Gasteiger charge is 2.16. The van der Waals surface area contributed by atoms with E-state index in [1.165, 1.54) is 6.20 Å². The van der Waals surface area contributed by atoms with Gasteiger partial charge in [-0.1, -0.05) is 6.07 Å². The van der Waals surface area contributed by atoms with Crippen molar-refractivity contribution < 1.29 is 19.0 Å². The van der Waals surface area contributed by atoms with Gasteiger partial charge in [0.1, 0.15) is 11.3 Å². The van der Waals surface area contributed by atoms with Crippen LogP contribution < -0.4 is 19.5 Å². The van der Waals surface area contributed by atoms with Crippen LogP contribution in [-0.2, 0) is 6.54 Å². The Kier molecular flexibility index (Phi) is 6.21. The van der Waals surface area contributed by atoms with Crippen LogP contribution in [0.15, 0.2) is 60.9 Å². The molecule has 0 aliphatic rings. The standard InChI is InChI=1S/C24H24N4O4/c1-4-32-18-8-6-17(7-9-18)20-11-12-25-23-19(15-27-28(20)23)24(29)26-14-16-5-10-21(30-2)22(13-16)31-3/h5-13,15H,4,14H2,1-3H3,(H,26,29). The Labute approximate surface area is 185 Å². The second-order valence-corrected chi connectivity index (χ2v) is 6.95. The Morgan fingerprint density at radius 2 is 1.81 bits per heavy atom. The lowest BCUT2D eigenvalue weighted by molar-refractivity contribution is 0.0952. The maximum absolute atomic E-state index is 12.9. The van der Waals surface area contributed by atoms with Crippen LogP contribution in [0.5, 0.6) is 17.2 Å². The van der Waals surface area contributed by atoms with Gasteiger partial charge in [-0.15, -0.1) is 0 Å². The number of ether oxygens (including phenoxy) is 3. The highest BCUT2D eigenvalue weighted by Crippen LogP contribution is 2.27. The van der Waals surface area contributed by atoms with Gasteiger partial charge in [0.2, 0.25) is 0 Å². The molecule has 0 aliphatic carbocycles. The number of aromatic nitrogens is 3. The van der Waals surface area contributed by atoms with Gasteiger partial charge in [0.15, 0.2) is 17.1 Å². The molecule has 0 fully saturated rings. The first-order valence-corrected chi connectivity index (χ1v) is 10.2. The number of carbonyl (C=O) groups is 1.